The molecule has 0 unspecified atom stereocenters. The van der Waals surface area contributed by atoms with E-state index in [1.807, 2.05) is 24.3 Å². The molecule has 0 bridgehead atoms. The Hall–Kier alpha value is -1.92. The molecule has 2 aliphatic rings. The van der Waals surface area contributed by atoms with Crippen LogP contribution in [0.15, 0.2) is 24.3 Å². The molecule has 3 rings (SSSR count). The van der Waals surface area contributed by atoms with Crippen LogP contribution in [0.25, 0.3) is 0 Å². The average Bonchev–Trinajstić information content (AvgIpc) is 3.40. The molecule has 6 heteroatoms. The highest BCUT2D eigenvalue weighted by Gasteiger charge is 2.48. The minimum Gasteiger partial charge on any atom is -0.461 e. The van der Waals surface area contributed by atoms with Gasteiger partial charge in [-0.1, -0.05) is 37.1 Å². The molecule has 0 spiro atoms. The lowest BCUT2D eigenvalue weighted by Gasteiger charge is -2.34. The van der Waals surface area contributed by atoms with Crippen LogP contribution in [0.2, 0.25) is 0 Å². The van der Waals surface area contributed by atoms with E-state index in [1.54, 1.807) is 13.8 Å². The molecule has 1 saturated carbocycles. The van der Waals surface area contributed by atoms with E-state index in [9.17, 15) is 14.7 Å². The molecule has 1 saturated heterocycles. The normalized spacial score (nSPS) is 21.2. The van der Waals surface area contributed by atoms with Crippen molar-refractivity contribution in [2.75, 3.05) is 19.7 Å². The summed E-state index contributed by atoms with van der Waals surface area (Å²) in [6.45, 7) is 4.89. The predicted octanol–water partition coefficient (Wildman–Crippen LogP) is 3.40. The molecule has 1 aromatic rings. The number of esters is 1. The largest absolute Gasteiger partial charge is 0.461 e. The van der Waals surface area contributed by atoms with Crippen LogP contribution >= 0.6 is 0 Å². The topological polar surface area (TPSA) is 72.8 Å². The van der Waals surface area contributed by atoms with Gasteiger partial charge in [-0.05, 0) is 36.8 Å². The van der Waals surface area contributed by atoms with Crippen LogP contribution in [0, 0.1) is 0 Å². The van der Waals surface area contributed by atoms with Crippen LogP contribution in [0.1, 0.15) is 75.5 Å². The van der Waals surface area contributed by atoms with Gasteiger partial charge in [0.1, 0.15) is 13.1 Å². The highest BCUT2D eigenvalue weighted by Crippen LogP contribution is 2.38. The second kappa shape index (κ2) is 9.05. The van der Waals surface area contributed by atoms with Gasteiger partial charge in [-0.25, -0.2) is 9.59 Å². The Bertz CT molecular complexity index is 692. The quantitative estimate of drug-likeness (QED) is 0.571. The van der Waals surface area contributed by atoms with E-state index in [4.69, 9.17) is 9.57 Å². The van der Waals surface area contributed by atoms with E-state index >= 15 is 0 Å². The van der Waals surface area contributed by atoms with Gasteiger partial charge >= 0.3 is 11.9 Å². The monoisotopic (exact) mass is 390 g/mol. The zero-order chi connectivity index (χ0) is 20.1. The molecule has 2 atom stereocenters. The lowest BCUT2D eigenvalue weighted by molar-refractivity contribution is -1.09. The molecule has 0 radical (unpaired) electrons. The summed E-state index contributed by atoms with van der Waals surface area (Å²) in [5, 5.41) is 10.8. The van der Waals surface area contributed by atoms with Crippen molar-refractivity contribution in [3.8, 4) is 0 Å². The number of benzene rings is 1. The van der Waals surface area contributed by atoms with Crippen LogP contribution in [-0.2, 0) is 19.2 Å². The standard InChI is InChI=1S/C22H32NO5/c1-3-27-21(25)16(2)23(14-8-9-15-23)28-22(26)20(24)19-13-7-6-12-18(19)17-10-4-5-11-17/h6-7,12-13,16-17,20,24H,3-5,8-11,14-15H2,1-2H3/q+1/t16-,20+/m0/s1. The number of carbonyl (C=O) groups is 2. The molecule has 0 aromatic heterocycles. The van der Waals surface area contributed by atoms with Crippen LogP contribution in [-0.4, -0.2) is 47.4 Å². The lowest BCUT2D eigenvalue weighted by Crippen LogP contribution is -2.57. The number of aliphatic hydroxyl groups excluding tert-OH is 1. The smallest absolute Gasteiger partial charge is 0.399 e. The Kier molecular flexibility index (Phi) is 6.73. The van der Waals surface area contributed by atoms with E-state index in [-0.39, 0.29) is 17.2 Å². The van der Waals surface area contributed by atoms with Gasteiger partial charge in [-0.15, -0.1) is 4.65 Å². The zero-order valence-electron chi connectivity index (χ0n) is 16.9. The number of nitrogens with zero attached hydrogens (tertiary/aromatic N) is 1. The maximum Gasteiger partial charge on any atom is 0.399 e. The van der Waals surface area contributed by atoms with Gasteiger partial charge in [0.25, 0.3) is 0 Å². The molecule has 6 nitrogen and oxygen atoms in total. The van der Waals surface area contributed by atoms with E-state index in [1.165, 1.54) is 12.8 Å². The van der Waals surface area contributed by atoms with Crippen molar-refractivity contribution in [2.45, 2.75) is 70.4 Å². The van der Waals surface area contributed by atoms with E-state index in [2.05, 4.69) is 0 Å². The SMILES string of the molecule is CCOC(=O)[C@H](C)[N+]1(OC(=O)[C@H](O)c2ccccc2C2CCCC2)CCCC1. The number of quaternary nitrogens is 1. The highest BCUT2D eigenvalue weighted by atomic mass is 16.8. The van der Waals surface area contributed by atoms with Crippen molar-refractivity contribution in [1.82, 2.24) is 0 Å². The first-order valence-electron chi connectivity index (χ1n) is 10.5. The first-order chi connectivity index (χ1) is 13.5. The summed E-state index contributed by atoms with van der Waals surface area (Å²) in [4.78, 5) is 31.0. The molecule has 154 valence electrons. The Labute approximate surface area is 167 Å². The average molecular weight is 391 g/mol. The van der Waals surface area contributed by atoms with Crippen LogP contribution < -0.4 is 0 Å². The minimum atomic E-state index is -1.35. The molecule has 2 fully saturated rings. The van der Waals surface area contributed by atoms with E-state index < -0.39 is 18.1 Å². The number of rotatable bonds is 7. The van der Waals surface area contributed by atoms with Gasteiger partial charge < -0.3 is 9.84 Å². The van der Waals surface area contributed by atoms with Crippen molar-refractivity contribution in [2.24, 2.45) is 0 Å². The van der Waals surface area contributed by atoms with Gasteiger partial charge in [-0.2, -0.15) is 0 Å². The third-order valence-corrected chi connectivity index (χ3v) is 6.24. The van der Waals surface area contributed by atoms with Crippen molar-refractivity contribution in [3.63, 3.8) is 0 Å². The number of aliphatic hydroxyl groups is 1. The van der Waals surface area contributed by atoms with E-state index in [0.29, 0.717) is 24.6 Å². The van der Waals surface area contributed by atoms with Gasteiger partial charge in [0.2, 0.25) is 6.04 Å². The van der Waals surface area contributed by atoms with Gasteiger partial charge in [-0.3, -0.25) is 4.84 Å². The predicted molar refractivity (Wildman–Crippen MR) is 104 cm³/mol. The molecule has 1 N–H and O–H groups in total. The minimum absolute atomic E-state index is 0.0969. The fourth-order valence-electron chi connectivity index (χ4n) is 4.61. The first kappa shape index (κ1) is 20.8. The van der Waals surface area contributed by atoms with Crippen molar-refractivity contribution < 1.29 is 28.9 Å². The number of hydrogen-bond acceptors (Lipinski definition) is 5. The van der Waals surface area contributed by atoms with Crippen molar-refractivity contribution >= 4 is 11.9 Å². The third kappa shape index (κ3) is 4.23. The summed E-state index contributed by atoms with van der Waals surface area (Å²) in [5.41, 5.74) is 1.66. The summed E-state index contributed by atoms with van der Waals surface area (Å²) in [6.07, 6.45) is 4.91. The zero-order valence-corrected chi connectivity index (χ0v) is 16.9. The highest BCUT2D eigenvalue weighted by molar-refractivity contribution is 5.77. The third-order valence-electron chi connectivity index (χ3n) is 6.24. The summed E-state index contributed by atoms with van der Waals surface area (Å²) in [7, 11) is 0. The summed E-state index contributed by atoms with van der Waals surface area (Å²) in [5.74, 6) is -0.687. The number of carbonyl (C=O) groups excluding carboxylic acids is 2. The molecule has 1 aliphatic carbocycles. The van der Waals surface area contributed by atoms with Gasteiger partial charge in [0.05, 0.1) is 6.61 Å². The first-order valence-corrected chi connectivity index (χ1v) is 10.5. The fraction of sp³-hybridized carbons (Fsp3) is 0.636. The Balaban J connectivity index is 1.78. The van der Waals surface area contributed by atoms with Crippen molar-refractivity contribution in [3.05, 3.63) is 35.4 Å². The van der Waals surface area contributed by atoms with Gasteiger partial charge in [0, 0.05) is 19.8 Å². The number of hydrogen-bond donors (Lipinski definition) is 1. The Morgan fingerprint density at radius 1 is 1.11 bits per heavy atom. The lowest BCUT2D eigenvalue weighted by atomic mass is 9.90. The molecular weight excluding hydrogens is 358 g/mol. The Morgan fingerprint density at radius 3 is 2.39 bits per heavy atom. The summed E-state index contributed by atoms with van der Waals surface area (Å²) < 4.78 is 5.05. The van der Waals surface area contributed by atoms with E-state index in [0.717, 1.165) is 31.2 Å². The fourth-order valence-corrected chi connectivity index (χ4v) is 4.61. The number of likely N-dealkylation sites (tertiary alicyclic amines) is 1. The molecule has 28 heavy (non-hydrogen) atoms. The molecular formula is C22H32NO5+. The second-order valence-corrected chi connectivity index (χ2v) is 7.96. The van der Waals surface area contributed by atoms with Crippen LogP contribution in [0.5, 0.6) is 0 Å². The van der Waals surface area contributed by atoms with Crippen LogP contribution in [0.3, 0.4) is 0 Å². The molecule has 0 amide bonds. The summed E-state index contributed by atoms with van der Waals surface area (Å²) in [6, 6.07) is 6.99. The molecule has 1 heterocycles. The molecule has 1 aliphatic heterocycles. The van der Waals surface area contributed by atoms with Crippen molar-refractivity contribution in [1.29, 1.82) is 0 Å². The van der Waals surface area contributed by atoms with Gasteiger partial charge in [0.15, 0.2) is 6.10 Å². The molecule has 1 aromatic carbocycles. The second-order valence-electron chi connectivity index (χ2n) is 7.96. The number of ether oxygens (including phenoxy) is 1. The Morgan fingerprint density at radius 2 is 1.75 bits per heavy atom. The maximum atomic E-state index is 12.9. The van der Waals surface area contributed by atoms with Crippen LogP contribution in [0.4, 0.5) is 0 Å². The summed E-state index contributed by atoms with van der Waals surface area (Å²) >= 11 is 0. The maximum absolute atomic E-state index is 12.9. The number of hydroxylamine groups is 3.